The van der Waals surface area contributed by atoms with E-state index in [9.17, 15) is 9.59 Å². The van der Waals surface area contributed by atoms with Gasteiger partial charge in [-0.15, -0.1) is 10.2 Å². The lowest BCUT2D eigenvalue weighted by molar-refractivity contribution is -0.155. The monoisotopic (exact) mass is 578 g/mol. The summed E-state index contributed by atoms with van der Waals surface area (Å²) >= 11 is 6.59. The number of unbranched alkanes of at least 4 members (excludes halogenated alkanes) is 1. The van der Waals surface area contributed by atoms with Crippen LogP contribution in [0.2, 0.25) is 5.15 Å². The maximum absolute atomic E-state index is 13.4. The number of likely N-dealkylation sites (N-methyl/N-ethyl adjacent to an activating group) is 1. The number of aromatic nitrogens is 6. The van der Waals surface area contributed by atoms with Gasteiger partial charge in [-0.1, -0.05) is 67.4 Å². The van der Waals surface area contributed by atoms with Crippen LogP contribution in [-0.2, 0) is 27.2 Å². The van der Waals surface area contributed by atoms with Crippen molar-refractivity contribution < 1.29 is 14.3 Å². The van der Waals surface area contributed by atoms with E-state index in [1.165, 1.54) is 0 Å². The number of ether oxygens (including phenoxy) is 1. The molecule has 0 saturated carbocycles. The van der Waals surface area contributed by atoms with Crippen LogP contribution in [0, 0.1) is 0 Å². The standard InChI is InChI=1S/C29H35ClN8O3/c1-4-5-11-25-32-26(27(30)33-25)23(41-29(40)22(38(2)3)14-15-24(31)39)17-18-12-13-20(19-9-7-6-8-10-19)21(16-18)28-34-36-37-35-28/h6-10,12-13,16,22-23H,4-5,11,14-15,17H2,1-3H3,(H2,31,39)(H,32,33)(H,34,35,36,37)/t22-,23-/m0/s1. The van der Waals surface area contributed by atoms with E-state index in [4.69, 9.17) is 22.1 Å². The number of hydrogen-bond acceptors (Lipinski definition) is 8. The number of imidazole rings is 1. The number of carbonyl (C=O) groups is 2. The van der Waals surface area contributed by atoms with Gasteiger partial charge in [-0.2, -0.15) is 5.21 Å². The molecule has 0 fully saturated rings. The van der Waals surface area contributed by atoms with Crippen LogP contribution in [0.4, 0.5) is 0 Å². The molecule has 4 rings (SSSR count). The summed E-state index contributed by atoms with van der Waals surface area (Å²) in [5.41, 5.74) is 9.45. The van der Waals surface area contributed by atoms with E-state index in [1.807, 2.05) is 48.5 Å². The molecule has 216 valence electrons. The lowest BCUT2D eigenvalue weighted by Crippen LogP contribution is -2.38. The fourth-order valence-corrected chi connectivity index (χ4v) is 4.91. The third-order valence-electron chi connectivity index (χ3n) is 6.82. The number of carbonyl (C=O) groups excluding carboxylic acids is 2. The summed E-state index contributed by atoms with van der Waals surface area (Å²) in [7, 11) is 3.51. The van der Waals surface area contributed by atoms with Crippen LogP contribution in [0.25, 0.3) is 22.5 Å². The predicted molar refractivity (Wildman–Crippen MR) is 156 cm³/mol. The molecule has 12 heteroatoms. The molecule has 4 aromatic rings. The number of primary amides is 1. The molecular weight excluding hydrogens is 544 g/mol. The number of H-pyrrole nitrogens is 2. The highest BCUT2D eigenvalue weighted by atomic mass is 35.5. The quantitative estimate of drug-likeness (QED) is 0.187. The average molecular weight is 579 g/mol. The van der Waals surface area contributed by atoms with E-state index in [0.717, 1.165) is 47.3 Å². The molecule has 0 bridgehead atoms. The van der Waals surface area contributed by atoms with Gasteiger partial charge in [0.2, 0.25) is 11.7 Å². The van der Waals surface area contributed by atoms with Crippen molar-refractivity contribution in [3.63, 3.8) is 0 Å². The summed E-state index contributed by atoms with van der Waals surface area (Å²) < 4.78 is 6.10. The average Bonchev–Trinajstić information content (AvgIpc) is 3.62. The fourth-order valence-electron chi connectivity index (χ4n) is 4.64. The molecule has 0 aliphatic heterocycles. The van der Waals surface area contributed by atoms with Crippen LogP contribution in [0.15, 0.2) is 48.5 Å². The molecule has 0 saturated heterocycles. The highest BCUT2D eigenvalue weighted by Gasteiger charge is 2.29. The first-order valence-electron chi connectivity index (χ1n) is 13.6. The van der Waals surface area contributed by atoms with Crippen LogP contribution in [-0.4, -0.2) is 67.5 Å². The minimum atomic E-state index is -0.769. The minimum absolute atomic E-state index is 0.0591. The minimum Gasteiger partial charge on any atom is -0.454 e. The second kappa shape index (κ2) is 14.0. The summed E-state index contributed by atoms with van der Waals surface area (Å²) in [6, 6.07) is 15.2. The maximum Gasteiger partial charge on any atom is 0.324 e. The largest absolute Gasteiger partial charge is 0.454 e. The van der Waals surface area contributed by atoms with Gasteiger partial charge in [-0.05, 0) is 54.9 Å². The Labute approximate surface area is 243 Å². The van der Waals surface area contributed by atoms with Gasteiger partial charge in [0.1, 0.15) is 18.0 Å². The molecule has 0 radical (unpaired) electrons. The second-order valence-corrected chi connectivity index (χ2v) is 10.4. The van der Waals surface area contributed by atoms with Gasteiger partial charge in [-0.25, -0.2) is 4.98 Å². The Bertz CT molecular complexity index is 1440. The molecule has 41 heavy (non-hydrogen) atoms. The molecule has 11 nitrogen and oxygen atoms in total. The van der Waals surface area contributed by atoms with Crippen LogP contribution < -0.4 is 5.73 Å². The van der Waals surface area contributed by atoms with Crippen LogP contribution in [0.3, 0.4) is 0 Å². The lowest BCUT2D eigenvalue weighted by Gasteiger charge is -2.25. The maximum atomic E-state index is 13.4. The van der Waals surface area contributed by atoms with E-state index in [1.54, 1.807) is 19.0 Å². The number of aromatic amines is 2. The predicted octanol–water partition coefficient (Wildman–Crippen LogP) is 4.28. The first-order chi connectivity index (χ1) is 19.8. The number of rotatable bonds is 14. The van der Waals surface area contributed by atoms with Gasteiger partial charge in [0.05, 0.1) is 5.69 Å². The van der Waals surface area contributed by atoms with Gasteiger partial charge in [0.15, 0.2) is 5.15 Å². The van der Waals surface area contributed by atoms with Crippen molar-refractivity contribution >= 4 is 23.5 Å². The van der Waals surface area contributed by atoms with Crippen molar-refractivity contribution in [3.05, 3.63) is 70.8 Å². The molecule has 2 aromatic carbocycles. The second-order valence-electron chi connectivity index (χ2n) is 10.1. The molecule has 4 N–H and O–H groups in total. The zero-order valence-corrected chi connectivity index (χ0v) is 24.2. The van der Waals surface area contributed by atoms with Crippen molar-refractivity contribution in [2.24, 2.45) is 5.73 Å². The number of amides is 1. The van der Waals surface area contributed by atoms with Crippen LogP contribution in [0.1, 0.15) is 55.8 Å². The number of benzene rings is 2. The summed E-state index contributed by atoms with van der Waals surface area (Å²) in [6.07, 6.45) is 2.50. The summed E-state index contributed by atoms with van der Waals surface area (Å²) in [5.74, 6) is 0.213. The summed E-state index contributed by atoms with van der Waals surface area (Å²) in [6.45, 7) is 2.10. The van der Waals surface area contributed by atoms with Gasteiger partial charge in [0.25, 0.3) is 0 Å². The Balaban J connectivity index is 1.70. The molecule has 0 aliphatic rings. The van der Waals surface area contributed by atoms with Crippen LogP contribution in [0.5, 0.6) is 0 Å². The Kier molecular flexibility index (Phi) is 10.2. The Morgan fingerprint density at radius 1 is 1.12 bits per heavy atom. The zero-order chi connectivity index (χ0) is 29.4. The van der Waals surface area contributed by atoms with E-state index in [2.05, 4.69) is 37.5 Å². The number of nitrogens with one attached hydrogen (secondary N) is 2. The normalized spacial score (nSPS) is 12.8. The number of nitrogens with zero attached hydrogens (tertiary/aromatic N) is 5. The van der Waals surface area contributed by atoms with E-state index in [-0.39, 0.29) is 18.0 Å². The summed E-state index contributed by atoms with van der Waals surface area (Å²) in [4.78, 5) is 34.4. The first kappa shape index (κ1) is 29.9. The van der Waals surface area contributed by atoms with Crippen molar-refractivity contribution in [1.82, 2.24) is 35.5 Å². The zero-order valence-electron chi connectivity index (χ0n) is 23.4. The van der Waals surface area contributed by atoms with E-state index < -0.39 is 24.0 Å². The Morgan fingerprint density at radius 3 is 2.56 bits per heavy atom. The molecule has 2 atom stereocenters. The van der Waals surface area contributed by atoms with E-state index >= 15 is 0 Å². The van der Waals surface area contributed by atoms with Gasteiger partial charge < -0.3 is 15.5 Å². The van der Waals surface area contributed by atoms with Crippen molar-refractivity contribution in [2.75, 3.05) is 14.1 Å². The summed E-state index contributed by atoms with van der Waals surface area (Å²) in [5, 5.41) is 14.9. The van der Waals surface area contributed by atoms with Gasteiger partial charge in [0, 0.05) is 24.8 Å². The molecule has 0 spiro atoms. The number of aryl methyl sites for hydroxylation is 1. The number of nitrogens with two attached hydrogens (primary N) is 1. The lowest BCUT2D eigenvalue weighted by atomic mass is 9.95. The molecule has 2 aromatic heterocycles. The highest BCUT2D eigenvalue weighted by Crippen LogP contribution is 2.34. The molecule has 1 amide bonds. The van der Waals surface area contributed by atoms with Crippen molar-refractivity contribution in [3.8, 4) is 22.5 Å². The van der Waals surface area contributed by atoms with Crippen molar-refractivity contribution in [1.29, 1.82) is 0 Å². The highest BCUT2D eigenvalue weighted by molar-refractivity contribution is 6.30. The van der Waals surface area contributed by atoms with Gasteiger partial charge >= 0.3 is 5.97 Å². The molecule has 0 aliphatic carbocycles. The van der Waals surface area contributed by atoms with Crippen LogP contribution >= 0.6 is 11.6 Å². The number of hydrogen-bond donors (Lipinski definition) is 3. The fraction of sp³-hybridized carbons (Fsp3) is 0.379. The molecule has 2 heterocycles. The van der Waals surface area contributed by atoms with E-state index in [0.29, 0.717) is 17.9 Å². The number of esters is 1. The topological polar surface area (TPSA) is 156 Å². The van der Waals surface area contributed by atoms with Gasteiger partial charge in [-0.3, -0.25) is 14.5 Å². The Hall–Kier alpha value is -4.09. The number of halogens is 1. The van der Waals surface area contributed by atoms with Crippen molar-refractivity contribution in [2.45, 2.75) is 57.6 Å². The third kappa shape index (κ3) is 7.77. The third-order valence-corrected chi connectivity index (χ3v) is 7.11. The molecular formula is C29H35ClN8O3. The SMILES string of the molecule is CCCCc1nc(Cl)c([C@H](Cc2ccc(-c3ccccc3)c(-c3nn[nH]n3)c2)OC(=O)[C@H](CCC(N)=O)N(C)C)[nH]1. The molecule has 0 unspecified atom stereocenters. The smallest absolute Gasteiger partial charge is 0.324 e. The number of tetrazole rings is 1. The Morgan fingerprint density at radius 2 is 1.90 bits per heavy atom. The first-order valence-corrected chi connectivity index (χ1v) is 14.0.